The molecule has 0 spiro atoms. The lowest BCUT2D eigenvalue weighted by molar-refractivity contribution is -0.133. The summed E-state index contributed by atoms with van der Waals surface area (Å²) in [5, 5.41) is 2.92. The molecule has 0 bridgehead atoms. The van der Waals surface area contributed by atoms with Crippen molar-refractivity contribution in [3.05, 3.63) is 28.8 Å². The van der Waals surface area contributed by atoms with Crippen LogP contribution in [0.2, 0.25) is 5.02 Å². The van der Waals surface area contributed by atoms with Crippen LogP contribution in [-0.2, 0) is 14.4 Å². The van der Waals surface area contributed by atoms with Crippen molar-refractivity contribution in [1.82, 2.24) is 10.2 Å². The Morgan fingerprint density at radius 1 is 1.33 bits per heavy atom. The van der Waals surface area contributed by atoms with Gasteiger partial charge in [-0.2, -0.15) is 0 Å². The maximum Gasteiger partial charge on any atom is 0.233 e. The number of likely N-dealkylation sites (tertiary alicyclic amines) is 1. The van der Waals surface area contributed by atoms with Crippen LogP contribution in [0, 0.1) is 5.41 Å². The second-order valence-electron chi connectivity index (χ2n) is 7.66. The first-order valence-corrected chi connectivity index (χ1v) is 9.66. The average Bonchev–Trinajstić information content (AvgIpc) is 2.92. The normalized spacial score (nSPS) is 23.4. The smallest absolute Gasteiger partial charge is 0.233 e. The van der Waals surface area contributed by atoms with Gasteiger partial charge >= 0.3 is 0 Å². The van der Waals surface area contributed by atoms with E-state index in [-0.39, 0.29) is 30.6 Å². The van der Waals surface area contributed by atoms with Crippen molar-refractivity contribution in [2.24, 2.45) is 5.41 Å². The molecule has 146 valence electrons. The summed E-state index contributed by atoms with van der Waals surface area (Å²) in [6.45, 7) is 3.13. The van der Waals surface area contributed by atoms with Crippen LogP contribution in [-0.4, -0.2) is 42.8 Å². The molecule has 0 aromatic heterocycles. The van der Waals surface area contributed by atoms with Crippen molar-refractivity contribution < 1.29 is 19.1 Å². The number of piperidine rings is 1. The quantitative estimate of drug-likeness (QED) is 0.782. The largest absolute Gasteiger partial charge is 0.495 e. The van der Waals surface area contributed by atoms with Crippen LogP contribution in [0.1, 0.15) is 50.5 Å². The summed E-state index contributed by atoms with van der Waals surface area (Å²) in [5.74, 6) is 0.571. The number of benzene rings is 1. The molecule has 1 aromatic carbocycles. The Labute approximate surface area is 164 Å². The highest BCUT2D eigenvalue weighted by Gasteiger charge is 2.42. The second kappa shape index (κ2) is 7.89. The number of hydrogen-bond acceptors (Lipinski definition) is 4. The molecule has 2 aliphatic heterocycles. The lowest BCUT2D eigenvalue weighted by Crippen LogP contribution is -2.39. The van der Waals surface area contributed by atoms with Gasteiger partial charge in [-0.3, -0.25) is 19.7 Å². The van der Waals surface area contributed by atoms with Gasteiger partial charge in [-0.15, -0.1) is 0 Å². The first-order valence-electron chi connectivity index (χ1n) is 9.28. The molecule has 0 radical (unpaired) electrons. The van der Waals surface area contributed by atoms with Gasteiger partial charge in [0.1, 0.15) is 5.75 Å². The third-order valence-corrected chi connectivity index (χ3v) is 6.05. The molecule has 1 aromatic rings. The van der Waals surface area contributed by atoms with Crippen molar-refractivity contribution in [2.45, 2.75) is 44.9 Å². The molecule has 3 amide bonds. The fraction of sp³-hybridized carbons (Fsp3) is 0.550. The van der Waals surface area contributed by atoms with E-state index in [9.17, 15) is 14.4 Å². The summed E-state index contributed by atoms with van der Waals surface area (Å²) < 4.78 is 5.29. The number of carbonyl (C=O) groups excluding carboxylic acids is 3. The lowest BCUT2D eigenvalue weighted by atomic mass is 9.83. The van der Waals surface area contributed by atoms with Gasteiger partial charge < -0.3 is 9.64 Å². The number of amides is 3. The Morgan fingerprint density at radius 2 is 2.04 bits per heavy atom. The molecule has 2 aliphatic rings. The van der Waals surface area contributed by atoms with Crippen molar-refractivity contribution in [2.75, 3.05) is 20.2 Å². The average molecular weight is 393 g/mol. The van der Waals surface area contributed by atoms with Crippen LogP contribution >= 0.6 is 11.6 Å². The topological polar surface area (TPSA) is 75.7 Å². The van der Waals surface area contributed by atoms with Gasteiger partial charge in [0.25, 0.3) is 0 Å². The number of nitrogens with zero attached hydrogens (tertiary/aromatic N) is 1. The van der Waals surface area contributed by atoms with E-state index in [1.807, 2.05) is 23.1 Å². The molecule has 7 heteroatoms. The number of halogens is 1. The summed E-state index contributed by atoms with van der Waals surface area (Å²) in [7, 11) is 1.60. The molecule has 1 N–H and O–H groups in total. The van der Waals surface area contributed by atoms with Gasteiger partial charge in [-0.1, -0.05) is 24.6 Å². The summed E-state index contributed by atoms with van der Waals surface area (Å²) in [6, 6.07) is 5.84. The van der Waals surface area contributed by atoms with Crippen LogP contribution in [0.15, 0.2) is 18.2 Å². The first kappa shape index (κ1) is 19.7. The van der Waals surface area contributed by atoms with E-state index >= 15 is 0 Å². The van der Waals surface area contributed by atoms with Crippen molar-refractivity contribution in [1.29, 1.82) is 0 Å². The summed E-state index contributed by atoms with van der Waals surface area (Å²) in [6.07, 6.45) is 2.62. The van der Waals surface area contributed by atoms with Crippen molar-refractivity contribution >= 4 is 29.3 Å². The Hall–Kier alpha value is -2.08. The zero-order valence-corrected chi connectivity index (χ0v) is 16.5. The van der Waals surface area contributed by atoms with Crippen LogP contribution in [0.5, 0.6) is 5.75 Å². The maximum absolute atomic E-state index is 12.5. The molecule has 2 heterocycles. The van der Waals surface area contributed by atoms with E-state index < -0.39 is 5.41 Å². The van der Waals surface area contributed by atoms with Crippen molar-refractivity contribution in [3.63, 3.8) is 0 Å². The Morgan fingerprint density at radius 3 is 2.63 bits per heavy atom. The minimum atomic E-state index is -0.759. The predicted molar refractivity (Wildman–Crippen MR) is 102 cm³/mol. The molecule has 1 atom stereocenters. The van der Waals surface area contributed by atoms with E-state index in [0.29, 0.717) is 36.2 Å². The standard InChI is InChI=1S/C20H25ClN2O4/c1-20(12-17(24)22-19(20)26)8-5-18(25)23-9-6-13(7-10-23)14-3-4-15(21)16(11-14)27-2/h3-4,11,13H,5-10,12H2,1-2H3,(H,22,24,26). The van der Waals surface area contributed by atoms with Gasteiger partial charge in [0.15, 0.2) is 0 Å². The van der Waals surface area contributed by atoms with E-state index in [4.69, 9.17) is 16.3 Å². The van der Waals surface area contributed by atoms with Gasteiger partial charge in [0, 0.05) is 25.9 Å². The molecule has 0 saturated carbocycles. The number of rotatable bonds is 5. The molecular weight excluding hydrogens is 368 g/mol. The molecule has 6 nitrogen and oxygen atoms in total. The van der Waals surface area contributed by atoms with Crippen LogP contribution < -0.4 is 10.1 Å². The second-order valence-corrected chi connectivity index (χ2v) is 8.07. The first-order chi connectivity index (χ1) is 12.8. The third-order valence-electron chi connectivity index (χ3n) is 5.74. The third kappa shape index (κ3) is 4.26. The molecule has 3 rings (SSSR count). The predicted octanol–water partition coefficient (Wildman–Crippen LogP) is 2.89. The molecule has 2 fully saturated rings. The number of imide groups is 1. The number of hydrogen-bond donors (Lipinski definition) is 1. The lowest BCUT2D eigenvalue weighted by Gasteiger charge is -2.33. The summed E-state index contributed by atoms with van der Waals surface area (Å²) >= 11 is 6.09. The highest BCUT2D eigenvalue weighted by atomic mass is 35.5. The molecular formula is C20H25ClN2O4. The molecule has 2 saturated heterocycles. The van der Waals surface area contributed by atoms with E-state index in [0.717, 1.165) is 12.8 Å². The van der Waals surface area contributed by atoms with E-state index in [1.54, 1.807) is 14.0 Å². The zero-order valence-electron chi connectivity index (χ0n) is 15.7. The minimum absolute atomic E-state index is 0.0514. The Balaban J connectivity index is 1.52. The fourth-order valence-electron chi connectivity index (χ4n) is 3.89. The molecule has 1 unspecified atom stereocenters. The highest BCUT2D eigenvalue weighted by molar-refractivity contribution is 6.32. The summed E-state index contributed by atoms with van der Waals surface area (Å²) in [4.78, 5) is 37.7. The summed E-state index contributed by atoms with van der Waals surface area (Å²) in [5.41, 5.74) is 0.419. The van der Waals surface area contributed by atoms with Gasteiger partial charge in [-0.05, 0) is 42.9 Å². The number of nitrogens with one attached hydrogen (secondary N) is 1. The molecule has 27 heavy (non-hydrogen) atoms. The Bertz CT molecular complexity index is 758. The van der Waals surface area contributed by atoms with Gasteiger partial charge in [-0.25, -0.2) is 0 Å². The van der Waals surface area contributed by atoms with Gasteiger partial charge in [0.05, 0.1) is 17.5 Å². The fourth-order valence-corrected chi connectivity index (χ4v) is 4.09. The minimum Gasteiger partial charge on any atom is -0.495 e. The Kier molecular flexibility index (Phi) is 5.75. The number of carbonyl (C=O) groups is 3. The van der Waals surface area contributed by atoms with E-state index in [1.165, 1.54) is 5.56 Å². The monoisotopic (exact) mass is 392 g/mol. The zero-order chi connectivity index (χ0) is 19.6. The molecule has 0 aliphatic carbocycles. The van der Waals surface area contributed by atoms with Crippen LogP contribution in [0.4, 0.5) is 0 Å². The number of methoxy groups -OCH3 is 1. The maximum atomic E-state index is 12.5. The van der Waals surface area contributed by atoms with Crippen LogP contribution in [0.25, 0.3) is 0 Å². The van der Waals surface area contributed by atoms with Crippen molar-refractivity contribution in [3.8, 4) is 5.75 Å². The van der Waals surface area contributed by atoms with E-state index in [2.05, 4.69) is 5.32 Å². The highest BCUT2D eigenvalue weighted by Crippen LogP contribution is 2.35. The SMILES string of the molecule is COc1cc(C2CCN(C(=O)CCC3(C)CC(=O)NC3=O)CC2)ccc1Cl. The van der Waals surface area contributed by atoms with Crippen LogP contribution in [0.3, 0.4) is 0 Å². The number of ether oxygens (including phenoxy) is 1. The van der Waals surface area contributed by atoms with Gasteiger partial charge in [0.2, 0.25) is 17.7 Å².